The van der Waals surface area contributed by atoms with Crippen LogP contribution in [-0.4, -0.2) is 49.3 Å². The Kier molecular flexibility index (Phi) is 7.38. The van der Waals surface area contributed by atoms with Crippen molar-refractivity contribution in [3.05, 3.63) is 84.1 Å². The maximum atomic E-state index is 13.7. The standard InChI is InChI=1S/C29H26N4O5S/c1-18-26(28(35)33(31-18)21-13-9-6-10-14-21)39-29-30-22(27(34)32(29)20-11-7-5-8-12-20)15-19-16-23(36-2)25(38-4)24(17-19)37-3/h5-17,26H,1-4H3/b22-15-/t26-/m1/s1. The van der Waals surface area contributed by atoms with Gasteiger partial charge in [0.15, 0.2) is 16.7 Å². The number of anilines is 2. The molecule has 2 aliphatic rings. The average molecular weight is 543 g/mol. The summed E-state index contributed by atoms with van der Waals surface area (Å²) in [4.78, 5) is 33.3. The van der Waals surface area contributed by atoms with E-state index in [0.717, 1.165) is 0 Å². The van der Waals surface area contributed by atoms with Crippen LogP contribution in [0.15, 0.2) is 88.6 Å². The molecule has 3 aromatic rings. The van der Waals surface area contributed by atoms with Gasteiger partial charge in [-0.15, -0.1) is 0 Å². The van der Waals surface area contributed by atoms with Crippen LogP contribution >= 0.6 is 11.8 Å². The highest BCUT2D eigenvalue weighted by atomic mass is 32.2. The summed E-state index contributed by atoms with van der Waals surface area (Å²) in [7, 11) is 4.58. The van der Waals surface area contributed by atoms with Gasteiger partial charge in [0.1, 0.15) is 10.9 Å². The van der Waals surface area contributed by atoms with Crippen LogP contribution in [0.5, 0.6) is 17.2 Å². The lowest BCUT2D eigenvalue weighted by Crippen LogP contribution is -2.35. The Morgan fingerprint density at radius 3 is 2.00 bits per heavy atom. The zero-order valence-electron chi connectivity index (χ0n) is 21.8. The van der Waals surface area contributed by atoms with Crippen molar-refractivity contribution in [1.29, 1.82) is 0 Å². The second-order valence-electron chi connectivity index (χ2n) is 8.58. The summed E-state index contributed by atoms with van der Waals surface area (Å²) in [5.41, 5.74) is 2.79. The van der Waals surface area contributed by atoms with Gasteiger partial charge in [-0.1, -0.05) is 48.2 Å². The number of thioether (sulfide) groups is 1. The summed E-state index contributed by atoms with van der Waals surface area (Å²) < 4.78 is 16.3. The highest BCUT2D eigenvalue weighted by Crippen LogP contribution is 2.40. The summed E-state index contributed by atoms with van der Waals surface area (Å²) in [6, 6.07) is 21.9. The predicted octanol–water partition coefficient (Wildman–Crippen LogP) is 4.98. The molecule has 5 rings (SSSR count). The number of methoxy groups -OCH3 is 3. The van der Waals surface area contributed by atoms with Gasteiger partial charge in [-0.2, -0.15) is 10.1 Å². The molecule has 0 fully saturated rings. The molecule has 9 nitrogen and oxygen atoms in total. The van der Waals surface area contributed by atoms with Crippen molar-refractivity contribution in [3.8, 4) is 17.2 Å². The van der Waals surface area contributed by atoms with Crippen LogP contribution in [0.25, 0.3) is 6.08 Å². The van der Waals surface area contributed by atoms with E-state index in [1.165, 1.54) is 43.0 Å². The van der Waals surface area contributed by atoms with Crippen LogP contribution in [0.2, 0.25) is 0 Å². The first-order valence-corrected chi connectivity index (χ1v) is 12.9. The van der Waals surface area contributed by atoms with E-state index in [2.05, 4.69) is 10.1 Å². The van der Waals surface area contributed by atoms with Crippen molar-refractivity contribution in [2.45, 2.75) is 12.2 Å². The number of hydrazone groups is 1. The van der Waals surface area contributed by atoms with Crippen molar-refractivity contribution in [2.24, 2.45) is 10.1 Å². The Bertz CT molecular complexity index is 1480. The number of rotatable bonds is 7. The van der Waals surface area contributed by atoms with Crippen molar-refractivity contribution < 1.29 is 23.8 Å². The molecule has 198 valence electrons. The molecule has 2 amide bonds. The minimum Gasteiger partial charge on any atom is -0.493 e. The van der Waals surface area contributed by atoms with Crippen molar-refractivity contribution in [2.75, 3.05) is 31.2 Å². The van der Waals surface area contributed by atoms with E-state index in [9.17, 15) is 9.59 Å². The highest BCUT2D eigenvalue weighted by molar-refractivity contribution is 8.16. The van der Waals surface area contributed by atoms with Crippen molar-refractivity contribution >= 4 is 51.9 Å². The van der Waals surface area contributed by atoms with Gasteiger partial charge >= 0.3 is 0 Å². The molecule has 0 radical (unpaired) electrons. The first kappa shape index (κ1) is 26.1. The average Bonchev–Trinajstić information content (AvgIpc) is 3.43. The first-order chi connectivity index (χ1) is 18.9. The van der Waals surface area contributed by atoms with Gasteiger partial charge in [0, 0.05) is 0 Å². The molecular formula is C29H26N4O5S. The molecule has 0 unspecified atom stereocenters. The van der Waals surface area contributed by atoms with E-state index in [1.54, 1.807) is 25.1 Å². The minimum absolute atomic E-state index is 0.200. The molecular weight excluding hydrogens is 516 g/mol. The van der Waals surface area contributed by atoms with Crippen LogP contribution in [0.4, 0.5) is 11.4 Å². The fraction of sp³-hybridized carbons (Fsp3) is 0.172. The normalized spacial score (nSPS) is 17.9. The number of ether oxygens (including phenoxy) is 3. The van der Waals surface area contributed by atoms with Crippen LogP contribution in [0, 0.1) is 0 Å². The van der Waals surface area contributed by atoms with E-state index >= 15 is 0 Å². The SMILES string of the molecule is COc1cc(/C=C2\N=C(S[C@H]3C(=O)N(c4ccccc4)N=C3C)N(c3ccccc3)C2=O)cc(OC)c1OC. The first-order valence-electron chi connectivity index (χ1n) is 12.1. The molecule has 0 saturated heterocycles. The molecule has 0 bridgehead atoms. The summed E-state index contributed by atoms with van der Waals surface area (Å²) in [6.07, 6.45) is 1.66. The number of amides is 2. The number of carbonyl (C=O) groups is 2. The third kappa shape index (κ3) is 4.98. The maximum Gasteiger partial charge on any atom is 0.283 e. The summed E-state index contributed by atoms with van der Waals surface area (Å²) >= 11 is 1.19. The predicted molar refractivity (Wildman–Crippen MR) is 154 cm³/mol. The molecule has 2 aliphatic heterocycles. The van der Waals surface area contributed by atoms with Crippen molar-refractivity contribution in [3.63, 3.8) is 0 Å². The van der Waals surface area contributed by atoms with Gasteiger partial charge in [-0.05, 0) is 55.0 Å². The highest BCUT2D eigenvalue weighted by Gasteiger charge is 2.40. The smallest absolute Gasteiger partial charge is 0.283 e. The van der Waals surface area contributed by atoms with Crippen LogP contribution in [0.3, 0.4) is 0 Å². The van der Waals surface area contributed by atoms with Gasteiger partial charge in [0.25, 0.3) is 11.8 Å². The van der Waals surface area contributed by atoms with Crippen LogP contribution in [0.1, 0.15) is 12.5 Å². The fourth-order valence-corrected chi connectivity index (χ4v) is 5.34. The number of carbonyl (C=O) groups excluding carboxylic acids is 2. The molecule has 0 saturated carbocycles. The zero-order valence-corrected chi connectivity index (χ0v) is 22.6. The largest absolute Gasteiger partial charge is 0.493 e. The van der Waals surface area contributed by atoms with Gasteiger partial charge in [0.2, 0.25) is 5.75 Å². The maximum absolute atomic E-state index is 13.7. The molecule has 10 heteroatoms. The molecule has 3 aromatic carbocycles. The third-order valence-electron chi connectivity index (χ3n) is 6.13. The van der Waals surface area contributed by atoms with Crippen LogP contribution in [-0.2, 0) is 9.59 Å². The van der Waals surface area contributed by atoms with E-state index in [1.807, 2.05) is 60.7 Å². The Morgan fingerprint density at radius 1 is 0.846 bits per heavy atom. The second-order valence-corrected chi connectivity index (χ2v) is 9.66. The van der Waals surface area contributed by atoms with E-state index < -0.39 is 5.25 Å². The Balaban J connectivity index is 1.52. The third-order valence-corrected chi connectivity index (χ3v) is 7.39. The molecule has 39 heavy (non-hydrogen) atoms. The number of para-hydroxylation sites is 2. The van der Waals surface area contributed by atoms with E-state index in [4.69, 9.17) is 14.2 Å². The van der Waals surface area contributed by atoms with Gasteiger partial charge in [0.05, 0.1) is 38.4 Å². The quantitative estimate of drug-likeness (QED) is 0.391. The molecule has 1 atom stereocenters. The number of amidine groups is 1. The number of nitrogens with zero attached hydrogens (tertiary/aromatic N) is 4. The lowest BCUT2D eigenvalue weighted by Gasteiger charge is -2.20. The molecule has 0 N–H and O–H groups in total. The Morgan fingerprint density at radius 2 is 1.44 bits per heavy atom. The fourth-order valence-electron chi connectivity index (χ4n) is 4.27. The minimum atomic E-state index is -0.636. The van der Waals surface area contributed by atoms with E-state index in [-0.39, 0.29) is 17.5 Å². The Hall–Kier alpha value is -4.57. The molecule has 2 heterocycles. The summed E-state index contributed by atoms with van der Waals surface area (Å²) in [5, 5.41) is 5.63. The summed E-state index contributed by atoms with van der Waals surface area (Å²) in [6.45, 7) is 1.80. The van der Waals surface area contributed by atoms with Gasteiger partial charge in [-0.3, -0.25) is 14.5 Å². The number of hydrogen-bond acceptors (Lipinski definition) is 8. The molecule has 0 aromatic heterocycles. The number of aliphatic imine (C=N–C) groups is 1. The second kappa shape index (κ2) is 11.0. The number of hydrogen-bond donors (Lipinski definition) is 0. The van der Waals surface area contributed by atoms with Gasteiger partial charge < -0.3 is 14.2 Å². The molecule has 0 spiro atoms. The molecule has 0 aliphatic carbocycles. The Labute approximate surface area is 230 Å². The monoisotopic (exact) mass is 542 g/mol. The zero-order chi connectivity index (χ0) is 27.5. The van der Waals surface area contributed by atoms with Gasteiger partial charge in [-0.25, -0.2) is 4.99 Å². The number of benzene rings is 3. The van der Waals surface area contributed by atoms with Crippen LogP contribution < -0.4 is 24.1 Å². The summed E-state index contributed by atoms with van der Waals surface area (Å²) in [5.74, 6) is 0.837. The lowest BCUT2D eigenvalue weighted by molar-refractivity contribution is -0.116. The van der Waals surface area contributed by atoms with E-state index in [0.29, 0.717) is 45.1 Å². The lowest BCUT2D eigenvalue weighted by atomic mass is 10.1. The van der Waals surface area contributed by atoms with Crippen molar-refractivity contribution in [1.82, 2.24) is 0 Å². The topological polar surface area (TPSA) is 93.0 Å².